The number of imidazole rings is 1. The fraction of sp³-hybridized carbons (Fsp3) is 0.542. The molecule has 16 heteroatoms. The van der Waals surface area contributed by atoms with Crippen LogP contribution in [0.15, 0.2) is 41.8 Å². The normalized spacial score (nSPS) is 26.4. The fourth-order valence-corrected chi connectivity index (χ4v) is 6.69. The molecular weight excluding hydrogens is 541 g/mol. The average molecular weight is 574 g/mol. The Balaban J connectivity index is 1.42. The van der Waals surface area contributed by atoms with Gasteiger partial charge in [-0.2, -0.15) is 9.97 Å². The molecule has 0 bridgehead atoms. The second-order valence-corrected chi connectivity index (χ2v) is 11.5. The van der Waals surface area contributed by atoms with Gasteiger partial charge in [0, 0.05) is 11.0 Å². The fourth-order valence-electron chi connectivity index (χ4n) is 5.06. The molecule has 1 saturated carbocycles. The van der Waals surface area contributed by atoms with Gasteiger partial charge in [-0.1, -0.05) is 36.2 Å². The number of anilines is 1. The van der Waals surface area contributed by atoms with Crippen LogP contribution in [-0.4, -0.2) is 61.6 Å². The number of nitrogen functional groups attached to an aromatic ring is 1. The number of nitrogens with two attached hydrogens (primary N) is 1. The van der Waals surface area contributed by atoms with Gasteiger partial charge in [0.2, 0.25) is 11.8 Å². The molecule has 2 aliphatic rings. The van der Waals surface area contributed by atoms with Crippen LogP contribution in [0, 0.1) is 0 Å². The highest BCUT2D eigenvalue weighted by molar-refractivity contribution is 7.52. The maximum atomic E-state index is 13.9. The van der Waals surface area contributed by atoms with Gasteiger partial charge in [0.05, 0.1) is 25.6 Å². The van der Waals surface area contributed by atoms with Gasteiger partial charge in [0.15, 0.2) is 17.4 Å². The second-order valence-electron chi connectivity index (χ2n) is 9.84. The lowest BCUT2D eigenvalue weighted by Crippen LogP contribution is -2.43. The van der Waals surface area contributed by atoms with Gasteiger partial charge in [0.25, 0.3) is 0 Å². The van der Waals surface area contributed by atoms with E-state index in [1.54, 1.807) is 38.1 Å². The van der Waals surface area contributed by atoms with Crippen molar-refractivity contribution in [2.24, 2.45) is 5.11 Å². The first-order valence-electron chi connectivity index (χ1n) is 13.1. The molecule has 0 radical (unpaired) electrons. The van der Waals surface area contributed by atoms with Crippen LogP contribution in [0.25, 0.3) is 21.6 Å². The molecule has 1 unspecified atom stereocenters. The number of aliphatic hydroxyl groups is 1. The Kier molecular flexibility index (Phi) is 8.13. The lowest BCUT2D eigenvalue weighted by Gasteiger charge is -2.28. The Morgan fingerprint density at radius 1 is 1.32 bits per heavy atom. The van der Waals surface area contributed by atoms with Crippen molar-refractivity contribution in [3.8, 4) is 11.6 Å². The molecule has 5 rings (SSSR count). The van der Waals surface area contributed by atoms with E-state index in [0.29, 0.717) is 17.9 Å². The third kappa shape index (κ3) is 5.57. The van der Waals surface area contributed by atoms with E-state index in [1.807, 2.05) is 6.07 Å². The molecule has 5 atom stereocenters. The molecule has 4 N–H and O–H groups in total. The third-order valence-corrected chi connectivity index (χ3v) is 8.65. The number of aromatic nitrogens is 4. The van der Waals surface area contributed by atoms with Crippen molar-refractivity contribution in [2.75, 3.05) is 18.9 Å². The van der Waals surface area contributed by atoms with E-state index in [2.05, 4.69) is 30.1 Å². The number of benzene rings is 1. The molecule has 0 amide bonds. The van der Waals surface area contributed by atoms with Gasteiger partial charge in [-0.3, -0.25) is 9.09 Å². The van der Waals surface area contributed by atoms with E-state index in [-0.39, 0.29) is 30.1 Å². The number of rotatable bonds is 11. The summed E-state index contributed by atoms with van der Waals surface area (Å²) in [6, 6.07) is 8.66. The number of para-hydroxylation sites is 1. The van der Waals surface area contributed by atoms with Crippen LogP contribution in [0.2, 0.25) is 0 Å². The molecule has 15 nitrogen and oxygen atoms in total. The summed E-state index contributed by atoms with van der Waals surface area (Å²) in [7, 11) is -3.88. The van der Waals surface area contributed by atoms with Crippen molar-refractivity contribution in [3.05, 3.63) is 47.1 Å². The van der Waals surface area contributed by atoms with E-state index in [4.69, 9.17) is 24.3 Å². The first-order valence-corrected chi connectivity index (χ1v) is 14.6. The van der Waals surface area contributed by atoms with E-state index in [1.165, 1.54) is 10.9 Å². The SMILES string of the molecule is CCOc1nc(N)nc2c1ncn2[C@H]1O[C@H](COP(=O)(NC2CCCC2)Oc2ccccc2)[C@@H](O)[C@@]1(C)N=[N+]=[N-]. The minimum atomic E-state index is -3.88. The van der Waals surface area contributed by atoms with Gasteiger partial charge < -0.3 is 24.8 Å². The van der Waals surface area contributed by atoms with Gasteiger partial charge in [-0.25, -0.2) is 14.6 Å². The molecular formula is C24H32N9O6P. The molecule has 214 valence electrons. The van der Waals surface area contributed by atoms with Crippen LogP contribution < -0.4 is 20.1 Å². The highest BCUT2D eigenvalue weighted by Crippen LogP contribution is 2.49. The molecule has 3 aromatic rings. The van der Waals surface area contributed by atoms with Crippen molar-refractivity contribution in [1.29, 1.82) is 0 Å². The summed E-state index contributed by atoms with van der Waals surface area (Å²) in [6.45, 7) is 3.33. The Hall–Kier alpha value is -3.45. The van der Waals surface area contributed by atoms with Crippen LogP contribution in [0.3, 0.4) is 0 Å². The Bertz CT molecular complexity index is 1430. The topological polar surface area (TPSA) is 205 Å². The molecule has 40 heavy (non-hydrogen) atoms. The van der Waals surface area contributed by atoms with Crippen molar-refractivity contribution >= 4 is 24.9 Å². The second kappa shape index (κ2) is 11.6. The smallest absolute Gasteiger partial charge is 0.459 e. The van der Waals surface area contributed by atoms with Crippen molar-refractivity contribution in [1.82, 2.24) is 24.6 Å². The number of aliphatic hydroxyl groups excluding tert-OH is 1. The summed E-state index contributed by atoms with van der Waals surface area (Å²) in [5, 5.41) is 18.2. The van der Waals surface area contributed by atoms with E-state index >= 15 is 0 Å². The molecule has 1 aromatic carbocycles. The number of nitrogens with zero attached hydrogens (tertiary/aromatic N) is 7. The van der Waals surface area contributed by atoms with Gasteiger partial charge >= 0.3 is 7.75 Å². The summed E-state index contributed by atoms with van der Waals surface area (Å²) in [5.74, 6) is 0.497. The van der Waals surface area contributed by atoms with Crippen molar-refractivity contribution < 1.29 is 28.2 Å². The van der Waals surface area contributed by atoms with Crippen LogP contribution in [-0.2, 0) is 13.8 Å². The molecule has 1 saturated heterocycles. The summed E-state index contributed by atoms with van der Waals surface area (Å²) >= 11 is 0. The number of hydrogen-bond acceptors (Lipinski definition) is 11. The number of hydrogen-bond donors (Lipinski definition) is 3. The third-order valence-electron chi connectivity index (χ3n) is 7.03. The summed E-state index contributed by atoms with van der Waals surface area (Å²) in [6.07, 6.45) is 1.64. The lowest BCUT2D eigenvalue weighted by molar-refractivity contribution is -0.0424. The Morgan fingerprint density at radius 2 is 2.08 bits per heavy atom. The first kappa shape index (κ1) is 28.1. The van der Waals surface area contributed by atoms with Gasteiger partial charge in [-0.15, -0.1) is 0 Å². The first-order chi connectivity index (χ1) is 19.3. The maximum absolute atomic E-state index is 13.9. The number of ether oxygens (including phenoxy) is 2. The molecule has 1 aliphatic heterocycles. The van der Waals surface area contributed by atoms with Gasteiger partial charge in [-0.05, 0) is 44.4 Å². The van der Waals surface area contributed by atoms with Crippen LogP contribution in [0.5, 0.6) is 11.6 Å². The minimum Gasteiger partial charge on any atom is -0.476 e. The zero-order valence-corrected chi connectivity index (χ0v) is 23.1. The lowest BCUT2D eigenvalue weighted by atomic mass is 9.93. The van der Waals surface area contributed by atoms with E-state index < -0.39 is 31.7 Å². The van der Waals surface area contributed by atoms with E-state index in [9.17, 15) is 15.2 Å². The monoisotopic (exact) mass is 573 g/mol. The molecule has 2 fully saturated rings. The van der Waals surface area contributed by atoms with Gasteiger partial charge in [0.1, 0.15) is 17.4 Å². The molecule has 3 heterocycles. The largest absolute Gasteiger partial charge is 0.476 e. The zero-order chi connectivity index (χ0) is 28.3. The minimum absolute atomic E-state index is 0.0350. The Labute approximate surface area is 230 Å². The van der Waals surface area contributed by atoms with Crippen molar-refractivity contribution in [3.63, 3.8) is 0 Å². The molecule has 0 spiro atoms. The highest BCUT2D eigenvalue weighted by atomic mass is 31.2. The highest BCUT2D eigenvalue weighted by Gasteiger charge is 2.55. The Morgan fingerprint density at radius 3 is 2.77 bits per heavy atom. The van der Waals surface area contributed by atoms with Crippen LogP contribution in [0.1, 0.15) is 45.8 Å². The van der Waals surface area contributed by atoms with Crippen molar-refractivity contribution in [2.45, 2.75) is 69.5 Å². The predicted octanol–water partition coefficient (Wildman–Crippen LogP) is 3.87. The molecule has 1 aliphatic carbocycles. The number of nitrogens with one attached hydrogen (secondary N) is 1. The average Bonchev–Trinajstić information content (AvgIpc) is 3.64. The standard InChI is InChI=1S/C24H32N9O6P/c1-3-36-21-18-20(28-23(25)29-21)33(14-27-18)22-24(2,31-32-26)19(34)17(38-22)13-37-40(35,30-15-9-7-8-10-15)39-16-11-5-4-6-12-16/h4-6,11-12,14-15,17,19,22,34H,3,7-10,13H2,1-2H3,(H,30,35)(H2,25,28,29)/t17-,19-,22+,24-,40?/m1/s1. The number of azide groups is 1. The zero-order valence-electron chi connectivity index (χ0n) is 22.2. The predicted molar refractivity (Wildman–Crippen MR) is 144 cm³/mol. The maximum Gasteiger partial charge on any atom is 0.459 e. The summed E-state index contributed by atoms with van der Waals surface area (Å²) < 4.78 is 38.8. The summed E-state index contributed by atoms with van der Waals surface area (Å²) in [5.41, 5.74) is 14.3. The van der Waals surface area contributed by atoms with Crippen LogP contribution in [0.4, 0.5) is 5.95 Å². The quantitative estimate of drug-likeness (QED) is 0.130. The summed E-state index contributed by atoms with van der Waals surface area (Å²) in [4.78, 5) is 15.7. The van der Waals surface area contributed by atoms with E-state index in [0.717, 1.165) is 25.7 Å². The number of fused-ring (bicyclic) bond motifs is 1. The van der Waals surface area contributed by atoms with Crippen LogP contribution >= 0.6 is 7.75 Å². The molecule has 2 aromatic heterocycles.